The lowest BCUT2D eigenvalue weighted by atomic mass is 9.99. The number of fused-ring (bicyclic) bond motifs is 5. The number of carbonyl (C=O) groups is 2. The highest BCUT2D eigenvalue weighted by Crippen LogP contribution is 2.42. The van der Waals surface area contributed by atoms with Gasteiger partial charge in [0.25, 0.3) is 0 Å². The van der Waals surface area contributed by atoms with Crippen LogP contribution in [0.1, 0.15) is 60.3 Å². The number of hydrogen-bond acceptors (Lipinski definition) is 7. The van der Waals surface area contributed by atoms with Crippen molar-refractivity contribution in [2.24, 2.45) is 0 Å². The van der Waals surface area contributed by atoms with Gasteiger partial charge in [-0.05, 0) is 67.5 Å². The van der Waals surface area contributed by atoms with Gasteiger partial charge >= 0.3 is 0 Å². The fourth-order valence-corrected chi connectivity index (χ4v) is 6.45. The summed E-state index contributed by atoms with van der Waals surface area (Å²) >= 11 is 3.03. The molecule has 33 heavy (non-hydrogen) atoms. The molecule has 1 aromatic carbocycles. The fourth-order valence-electron chi connectivity index (χ4n) is 4.41. The van der Waals surface area contributed by atoms with Gasteiger partial charge in [-0.25, -0.2) is 15.0 Å². The predicted molar refractivity (Wildman–Crippen MR) is 135 cm³/mol. The minimum absolute atomic E-state index is 0.000179. The lowest BCUT2D eigenvalue weighted by Crippen LogP contribution is -2.14. The van der Waals surface area contributed by atoms with Gasteiger partial charge < -0.3 is 5.32 Å². The van der Waals surface area contributed by atoms with Crippen LogP contribution in [-0.2, 0) is 17.6 Å². The van der Waals surface area contributed by atoms with Crippen LogP contribution in [0.15, 0.2) is 35.6 Å². The van der Waals surface area contributed by atoms with Gasteiger partial charge in [-0.2, -0.15) is 0 Å². The Kier molecular flexibility index (Phi) is 5.88. The molecule has 3 heterocycles. The predicted octanol–water partition coefficient (Wildman–Crippen LogP) is 5.79. The van der Waals surface area contributed by atoms with Crippen LogP contribution in [-0.4, -0.2) is 32.4 Å². The topological polar surface area (TPSA) is 84.8 Å². The van der Waals surface area contributed by atoms with Crippen molar-refractivity contribution in [3.63, 3.8) is 0 Å². The van der Waals surface area contributed by atoms with Crippen LogP contribution >= 0.6 is 23.1 Å². The number of rotatable bonds is 6. The Morgan fingerprint density at radius 1 is 1.12 bits per heavy atom. The molecular weight excluding hydrogens is 452 g/mol. The molecule has 1 aliphatic carbocycles. The van der Waals surface area contributed by atoms with Crippen LogP contribution in [0.4, 0.5) is 5.69 Å². The van der Waals surface area contributed by atoms with Crippen LogP contribution < -0.4 is 5.32 Å². The summed E-state index contributed by atoms with van der Waals surface area (Å²) < 4.78 is 0.999. The molecule has 0 saturated heterocycles. The Morgan fingerprint density at radius 3 is 2.61 bits per heavy atom. The number of aromatic nitrogens is 3. The molecule has 0 bridgehead atoms. The molecule has 0 spiro atoms. The van der Waals surface area contributed by atoms with Gasteiger partial charge in [0.15, 0.2) is 5.78 Å². The molecule has 0 radical (unpaired) electrons. The summed E-state index contributed by atoms with van der Waals surface area (Å²) in [6.07, 6.45) is 4.90. The second kappa shape index (κ2) is 8.83. The molecule has 4 aromatic rings. The molecule has 0 atom stereocenters. The molecule has 168 valence electrons. The van der Waals surface area contributed by atoms with E-state index < -0.39 is 0 Å². The molecule has 1 N–H and O–H groups in total. The first-order chi connectivity index (χ1) is 15.9. The number of Topliss-reactive ketones (excluding diaryl/α,β-unsaturated/α-hetero) is 1. The molecule has 0 saturated carbocycles. The van der Waals surface area contributed by atoms with E-state index in [1.54, 1.807) is 41.9 Å². The lowest BCUT2D eigenvalue weighted by Gasteiger charge is -2.11. The minimum atomic E-state index is -0.121. The van der Waals surface area contributed by atoms with Gasteiger partial charge in [0, 0.05) is 22.3 Å². The maximum absolute atomic E-state index is 12.5. The highest BCUT2D eigenvalue weighted by atomic mass is 32.2. The number of carbonyl (C=O) groups excluding carboxylic acids is 2. The van der Waals surface area contributed by atoms with Crippen LogP contribution in [0.2, 0.25) is 0 Å². The summed E-state index contributed by atoms with van der Waals surface area (Å²) in [7, 11) is 0. The zero-order valence-corrected chi connectivity index (χ0v) is 20.4. The number of benzene rings is 1. The zero-order chi connectivity index (χ0) is 23.1. The average Bonchev–Trinajstić information content (AvgIpc) is 3.41. The number of thiophene rings is 1. The van der Waals surface area contributed by atoms with E-state index in [2.05, 4.69) is 29.1 Å². The highest BCUT2D eigenvalue weighted by Gasteiger charge is 2.25. The smallest absolute Gasteiger partial charge is 0.234 e. The number of ketones is 1. The molecule has 3 aromatic heterocycles. The van der Waals surface area contributed by atoms with E-state index in [4.69, 9.17) is 4.98 Å². The Hall–Kier alpha value is -2.84. The van der Waals surface area contributed by atoms with Gasteiger partial charge in [0.2, 0.25) is 5.91 Å². The summed E-state index contributed by atoms with van der Waals surface area (Å²) in [6, 6.07) is 6.92. The summed E-state index contributed by atoms with van der Waals surface area (Å²) in [4.78, 5) is 39.1. The molecular formula is C25H24N4O2S2. The lowest BCUT2D eigenvalue weighted by molar-refractivity contribution is -0.113. The van der Waals surface area contributed by atoms with Crippen molar-refractivity contribution in [3.8, 4) is 0 Å². The minimum Gasteiger partial charge on any atom is -0.325 e. The van der Waals surface area contributed by atoms with E-state index >= 15 is 0 Å². The third-order valence-corrected chi connectivity index (χ3v) is 8.13. The van der Waals surface area contributed by atoms with Crippen LogP contribution in [0.5, 0.6) is 0 Å². The molecule has 0 unspecified atom stereocenters. The quantitative estimate of drug-likeness (QED) is 0.216. The standard InChI is InChI=1S/C25H24N4O2S2/c1-13(2)21-18-6-4-5-17(18)20-22-23(33-24(20)29-21)25(27-12-26-22)32-11-19(31)28-16-9-7-15(8-10-16)14(3)30/h7-10,12-13H,4-6,11H2,1-3H3,(H,28,31). The van der Waals surface area contributed by atoms with Crippen molar-refractivity contribution in [2.75, 3.05) is 11.1 Å². The maximum atomic E-state index is 12.5. The number of amides is 1. The van der Waals surface area contributed by atoms with Crippen molar-refractivity contribution in [3.05, 3.63) is 53.0 Å². The Morgan fingerprint density at radius 2 is 1.88 bits per heavy atom. The maximum Gasteiger partial charge on any atom is 0.234 e. The van der Waals surface area contributed by atoms with Gasteiger partial charge in [-0.1, -0.05) is 25.6 Å². The van der Waals surface area contributed by atoms with Crippen molar-refractivity contribution in [2.45, 2.75) is 51.0 Å². The second-order valence-electron chi connectivity index (χ2n) is 8.57. The summed E-state index contributed by atoms with van der Waals surface area (Å²) in [5.41, 5.74) is 6.25. The highest BCUT2D eigenvalue weighted by molar-refractivity contribution is 8.00. The SMILES string of the molecule is CC(=O)c1ccc(NC(=O)CSc2ncnc3c2sc2nc(C(C)C)c4c(c23)CCC4)cc1. The zero-order valence-electron chi connectivity index (χ0n) is 18.8. The summed E-state index contributed by atoms with van der Waals surface area (Å²) in [5, 5.41) is 4.86. The second-order valence-corrected chi connectivity index (χ2v) is 10.5. The van der Waals surface area contributed by atoms with Crippen LogP contribution in [0.25, 0.3) is 20.4 Å². The summed E-state index contributed by atoms with van der Waals surface area (Å²) in [6.45, 7) is 5.93. The largest absolute Gasteiger partial charge is 0.325 e. The van der Waals surface area contributed by atoms with E-state index in [1.807, 2.05) is 0 Å². The van der Waals surface area contributed by atoms with Gasteiger partial charge in [0.1, 0.15) is 16.2 Å². The number of nitrogens with zero attached hydrogens (tertiary/aromatic N) is 3. The molecule has 0 aliphatic heterocycles. The van der Waals surface area contributed by atoms with Crippen LogP contribution in [0.3, 0.4) is 0 Å². The summed E-state index contributed by atoms with van der Waals surface area (Å²) in [5.74, 6) is 0.502. The Labute approximate surface area is 200 Å². The van der Waals surface area contributed by atoms with Crippen molar-refractivity contribution < 1.29 is 9.59 Å². The normalized spacial score (nSPS) is 13.1. The van der Waals surface area contributed by atoms with Crippen molar-refractivity contribution >= 4 is 60.9 Å². The third kappa shape index (κ3) is 4.13. The van der Waals surface area contributed by atoms with Gasteiger partial charge in [-0.3, -0.25) is 9.59 Å². The van der Waals surface area contributed by atoms with E-state index in [9.17, 15) is 9.59 Å². The van der Waals surface area contributed by atoms with E-state index in [1.165, 1.54) is 40.9 Å². The molecule has 1 amide bonds. The monoisotopic (exact) mass is 476 g/mol. The fraction of sp³-hybridized carbons (Fsp3) is 0.320. The molecule has 6 nitrogen and oxygen atoms in total. The molecule has 5 rings (SSSR count). The van der Waals surface area contributed by atoms with E-state index in [-0.39, 0.29) is 17.4 Å². The first-order valence-electron chi connectivity index (χ1n) is 11.0. The first kappa shape index (κ1) is 22.0. The van der Waals surface area contributed by atoms with E-state index in [0.717, 1.165) is 39.3 Å². The molecule has 0 fully saturated rings. The van der Waals surface area contributed by atoms with Gasteiger partial charge in [-0.15, -0.1) is 11.3 Å². The average molecular weight is 477 g/mol. The van der Waals surface area contributed by atoms with Crippen molar-refractivity contribution in [1.82, 2.24) is 15.0 Å². The van der Waals surface area contributed by atoms with E-state index in [0.29, 0.717) is 17.2 Å². The number of hydrogen-bond donors (Lipinski definition) is 1. The Balaban J connectivity index is 1.41. The number of nitrogens with one attached hydrogen (secondary N) is 1. The number of pyridine rings is 1. The molecule has 1 aliphatic rings. The number of thioether (sulfide) groups is 1. The number of aryl methyl sites for hydroxylation is 1. The van der Waals surface area contributed by atoms with Crippen molar-refractivity contribution in [1.29, 1.82) is 0 Å². The molecule has 8 heteroatoms. The number of anilines is 1. The first-order valence-corrected chi connectivity index (χ1v) is 12.8. The Bertz CT molecular complexity index is 1390. The van der Waals surface area contributed by atoms with Crippen LogP contribution in [0, 0.1) is 0 Å². The third-order valence-electron chi connectivity index (χ3n) is 5.93. The van der Waals surface area contributed by atoms with Gasteiger partial charge in [0.05, 0.1) is 16.0 Å².